The summed E-state index contributed by atoms with van der Waals surface area (Å²) in [4.78, 5) is 0.768. The van der Waals surface area contributed by atoms with Gasteiger partial charge in [0.15, 0.2) is 0 Å². The van der Waals surface area contributed by atoms with Crippen molar-refractivity contribution < 1.29 is 8.42 Å². The molecule has 8 heteroatoms. The van der Waals surface area contributed by atoms with E-state index in [9.17, 15) is 8.42 Å². The number of nitrogens with zero attached hydrogens (tertiary/aromatic N) is 2. The first-order valence-electron chi connectivity index (χ1n) is 5.85. The van der Waals surface area contributed by atoms with Gasteiger partial charge in [0.25, 0.3) is 0 Å². The summed E-state index contributed by atoms with van der Waals surface area (Å²) < 4.78 is 26.9. The summed E-state index contributed by atoms with van der Waals surface area (Å²) in [6.07, 6.45) is 0. The van der Waals surface area contributed by atoms with Gasteiger partial charge in [-0.05, 0) is 30.3 Å². The van der Waals surface area contributed by atoms with Gasteiger partial charge in [0.2, 0.25) is 10.0 Å². The van der Waals surface area contributed by atoms with Gasteiger partial charge in [-0.15, -0.1) is 11.3 Å². The Morgan fingerprint density at radius 2 is 2.10 bits per heavy atom. The summed E-state index contributed by atoms with van der Waals surface area (Å²) in [6, 6.07) is 9.51. The van der Waals surface area contributed by atoms with Crippen LogP contribution in [-0.2, 0) is 16.6 Å². The molecule has 0 saturated heterocycles. The van der Waals surface area contributed by atoms with E-state index in [0.29, 0.717) is 10.0 Å². The Morgan fingerprint density at radius 3 is 2.67 bits per heavy atom. The van der Waals surface area contributed by atoms with E-state index >= 15 is 0 Å². The predicted octanol–water partition coefficient (Wildman–Crippen LogP) is 2.68. The number of rotatable bonds is 4. The molecule has 1 aromatic heterocycles. The Labute approximate surface area is 132 Å². The number of benzene rings is 1. The molecule has 2 aromatic rings. The molecule has 0 amide bonds. The standard InChI is InChI=1S/C13H12ClN3O2S2/c1-17(8-11-3-5-13(14)20-11)21(18,19)12-4-2-10(16)6-9(12)7-15/h2-6H,8,16H2,1H3. The second-order valence-corrected chi connectivity index (χ2v) is 8.15. The minimum absolute atomic E-state index is 0.0334. The van der Waals surface area contributed by atoms with Crippen molar-refractivity contribution in [2.75, 3.05) is 12.8 Å². The molecule has 0 unspecified atom stereocenters. The molecule has 2 rings (SSSR count). The van der Waals surface area contributed by atoms with E-state index in [0.717, 1.165) is 4.88 Å². The van der Waals surface area contributed by atoms with Gasteiger partial charge in [-0.3, -0.25) is 0 Å². The van der Waals surface area contributed by atoms with Crippen LogP contribution in [0.5, 0.6) is 0 Å². The van der Waals surface area contributed by atoms with Crippen LogP contribution in [0.1, 0.15) is 10.4 Å². The lowest BCUT2D eigenvalue weighted by atomic mass is 10.2. The first kappa shape index (κ1) is 15.8. The number of thiophene rings is 1. The Bertz CT molecular complexity index is 809. The Balaban J connectivity index is 2.35. The molecule has 21 heavy (non-hydrogen) atoms. The smallest absolute Gasteiger partial charge is 0.244 e. The molecule has 0 spiro atoms. The lowest BCUT2D eigenvalue weighted by molar-refractivity contribution is 0.469. The van der Waals surface area contributed by atoms with Gasteiger partial charge < -0.3 is 5.73 Å². The molecular weight excluding hydrogens is 330 g/mol. The summed E-state index contributed by atoms with van der Waals surface area (Å²) in [5, 5.41) is 9.08. The maximum absolute atomic E-state index is 12.5. The molecule has 5 nitrogen and oxygen atoms in total. The molecule has 1 aromatic carbocycles. The predicted molar refractivity (Wildman–Crippen MR) is 83.6 cm³/mol. The van der Waals surface area contributed by atoms with Gasteiger partial charge in [0.1, 0.15) is 11.0 Å². The monoisotopic (exact) mass is 341 g/mol. The fourth-order valence-corrected chi connectivity index (χ4v) is 4.26. The Morgan fingerprint density at radius 1 is 1.38 bits per heavy atom. The van der Waals surface area contributed by atoms with Crippen LogP contribution in [0.4, 0.5) is 5.69 Å². The second kappa shape index (κ2) is 6.03. The highest BCUT2D eigenvalue weighted by Crippen LogP contribution is 2.26. The average Bonchev–Trinajstić information content (AvgIpc) is 2.83. The van der Waals surface area contributed by atoms with Crippen molar-refractivity contribution in [3.8, 4) is 6.07 Å². The summed E-state index contributed by atoms with van der Waals surface area (Å²) >= 11 is 7.15. The van der Waals surface area contributed by atoms with Crippen LogP contribution >= 0.6 is 22.9 Å². The first-order chi connectivity index (χ1) is 9.84. The highest BCUT2D eigenvalue weighted by molar-refractivity contribution is 7.89. The van der Waals surface area contributed by atoms with E-state index < -0.39 is 10.0 Å². The van der Waals surface area contributed by atoms with E-state index in [-0.39, 0.29) is 17.0 Å². The number of halogens is 1. The minimum atomic E-state index is -3.77. The topological polar surface area (TPSA) is 87.2 Å². The summed E-state index contributed by atoms with van der Waals surface area (Å²) in [5.41, 5.74) is 5.96. The lowest BCUT2D eigenvalue weighted by Crippen LogP contribution is -2.26. The SMILES string of the molecule is CN(Cc1ccc(Cl)s1)S(=O)(=O)c1ccc(N)cc1C#N. The van der Waals surface area contributed by atoms with Crippen molar-refractivity contribution in [3.05, 3.63) is 45.1 Å². The van der Waals surface area contributed by atoms with E-state index in [1.165, 1.54) is 40.9 Å². The molecular formula is C13H12ClN3O2S2. The summed E-state index contributed by atoms with van der Waals surface area (Å²) in [5.74, 6) is 0. The highest BCUT2D eigenvalue weighted by Gasteiger charge is 2.24. The molecule has 0 aliphatic heterocycles. The van der Waals surface area contributed by atoms with Crippen molar-refractivity contribution in [1.82, 2.24) is 4.31 Å². The molecule has 0 aliphatic rings. The molecule has 2 N–H and O–H groups in total. The highest BCUT2D eigenvalue weighted by atomic mass is 35.5. The molecule has 0 radical (unpaired) electrons. The van der Waals surface area contributed by atoms with Crippen LogP contribution in [0.25, 0.3) is 0 Å². The number of nitrogens with two attached hydrogens (primary N) is 1. The largest absolute Gasteiger partial charge is 0.399 e. The van der Waals surface area contributed by atoms with Gasteiger partial charge in [-0.1, -0.05) is 11.6 Å². The van der Waals surface area contributed by atoms with Crippen molar-refractivity contribution in [2.45, 2.75) is 11.4 Å². The number of anilines is 1. The molecule has 1 heterocycles. The second-order valence-electron chi connectivity index (χ2n) is 4.33. The minimum Gasteiger partial charge on any atom is -0.399 e. The maximum atomic E-state index is 12.5. The normalized spacial score (nSPS) is 11.5. The average molecular weight is 342 g/mol. The van der Waals surface area contributed by atoms with E-state index in [1.807, 2.05) is 6.07 Å². The summed E-state index contributed by atoms with van der Waals surface area (Å²) in [7, 11) is -2.31. The van der Waals surface area contributed by atoms with Crippen LogP contribution in [0, 0.1) is 11.3 Å². The van der Waals surface area contributed by atoms with Crippen molar-refractivity contribution >= 4 is 38.6 Å². The fraction of sp³-hybridized carbons (Fsp3) is 0.154. The van der Waals surface area contributed by atoms with Crippen LogP contribution < -0.4 is 5.73 Å². The van der Waals surface area contributed by atoms with Crippen LogP contribution in [-0.4, -0.2) is 19.8 Å². The summed E-state index contributed by atoms with van der Waals surface area (Å²) in [6.45, 7) is 0.189. The molecule has 110 valence electrons. The first-order valence-corrected chi connectivity index (χ1v) is 8.48. The van der Waals surface area contributed by atoms with Crippen molar-refractivity contribution in [1.29, 1.82) is 5.26 Å². The van der Waals surface area contributed by atoms with Crippen molar-refractivity contribution in [2.24, 2.45) is 0 Å². The fourth-order valence-electron chi connectivity index (χ4n) is 1.77. The van der Waals surface area contributed by atoms with E-state index in [1.54, 1.807) is 12.1 Å². The number of hydrogen-bond acceptors (Lipinski definition) is 5. The Hall–Kier alpha value is -1.59. The van der Waals surface area contributed by atoms with Gasteiger partial charge in [0.05, 0.1) is 9.90 Å². The molecule has 0 fully saturated rings. The lowest BCUT2D eigenvalue weighted by Gasteiger charge is -2.17. The van der Waals surface area contributed by atoms with Crippen LogP contribution in [0.3, 0.4) is 0 Å². The third kappa shape index (κ3) is 3.36. The van der Waals surface area contributed by atoms with Gasteiger partial charge in [0, 0.05) is 24.2 Å². The molecule has 0 aliphatic carbocycles. The van der Waals surface area contributed by atoms with E-state index in [4.69, 9.17) is 22.6 Å². The number of nitriles is 1. The van der Waals surface area contributed by atoms with Crippen molar-refractivity contribution in [3.63, 3.8) is 0 Å². The Kier molecular flexibility index (Phi) is 4.54. The number of nitrogen functional groups attached to an aromatic ring is 1. The van der Waals surface area contributed by atoms with Crippen LogP contribution in [0.2, 0.25) is 4.34 Å². The third-order valence-electron chi connectivity index (χ3n) is 2.82. The zero-order valence-electron chi connectivity index (χ0n) is 11.1. The van der Waals surface area contributed by atoms with Gasteiger partial charge in [-0.25, -0.2) is 8.42 Å². The third-order valence-corrected chi connectivity index (χ3v) is 5.90. The zero-order chi connectivity index (χ0) is 15.6. The zero-order valence-corrected chi connectivity index (χ0v) is 13.5. The quantitative estimate of drug-likeness (QED) is 0.866. The maximum Gasteiger partial charge on any atom is 0.244 e. The van der Waals surface area contributed by atoms with Gasteiger partial charge >= 0.3 is 0 Å². The number of sulfonamides is 1. The van der Waals surface area contributed by atoms with Gasteiger partial charge in [-0.2, -0.15) is 9.57 Å². The molecule has 0 atom stereocenters. The van der Waals surface area contributed by atoms with Crippen LogP contribution in [0.15, 0.2) is 35.2 Å². The molecule has 0 bridgehead atoms. The number of hydrogen-bond donors (Lipinski definition) is 1. The van der Waals surface area contributed by atoms with E-state index in [2.05, 4.69) is 0 Å². The molecule has 0 saturated carbocycles.